The predicted molar refractivity (Wildman–Crippen MR) is 106 cm³/mol. The van der Waals surface area contributed by atoms with Gasteiger partial charge in [-0.25, -0.2) is 0 Å². The van der Waals surface area contributed by atoms with Crippen LogP contribution in [0, 0.1) is 19.8 Å². The van der Waals surface area contributed by atoms with Gasteiger partial charge in [0.2, 0.25) is 0 Å². The Morgan fingerprint density at radius 2 is 2.19 bits per heavy atom. The summed E-state index contributed by atoms with van der Waals surface area (Å²) in [5.41, 5.74) is 6.22. The van der Waals surface area contributed by atoms with Gasteiger partial charge in [0, 0.05) is 37.9 Å². The van der Waals surface area contributed by atoms with E-state index in [1.165, 1.54) is 48.2 Å². The molecule has 1 aromatic heterocycles. The van der Waals surface area contributed by atoms with Gasteiger partial charge in [-0.2, -0.15) is 5.10 Å². The third-order valence-corrected chi connectivity index (χ3v) is 5.48. The number of hydrogen-bond acceptors (Lipinski definition) is 4. The average Bonchev–Trinajstić information content (AvgIpc) is 3.11. The molecule has 1 aliphatic rings. The van der Waals surface area contributed by atoms with Gasteiger partial charge in [-0.3, -0.25) is 5.10 Å². The van der Waals surface area contributed by atoms with Gasteiger partial charge in [-0.1, -0.05) is 12.1 Å². The number of aromatic nitrogens is 2. The number of aryl methyl sites for hydroxylation is 2. The molecule has 0 radical (unpaired) electrons. The molecule has 2 heterocycles. The van der Waals surface area contributed by atoms with Crippen molar-refractivity contribution in [2.75, 3.05) is 39.9 Å². The summed E-state index contributed by atoms with van der Waals surface area (Å²) in [6.45, 7) is 10.5. The number of piperidine rings is 1. The fourth-order valence-corrected chi connectivity index (χ4v) is 3.74. The van der Waals surface area contributed by atoms with E-state index in [4.69, 9.17) is 4.74 Å². The van der Waals surface area contributed by atoms with Gasteiger partial charge in [-0.15, -0.1) is 0 Å². The molecule has 0 saturated carbocycles. The minimum atomic E-state index is 0.720. The van der Waals surface area contributed by atoms with E-state index in [9.17, 15) is 0 Å². The minimum absolute atomic E-state index is 0.720. The second-order valence-corrected chi connectivity index (χ2v) is 7.50. The molecule has 1 aromatic carbocycles. The first-order valence-corrected chi connectivity index (χ1v) is 9.69. The average molecular weight is 357 g/mol. The van der Waals surface area contributed by atoms with Crippen LogP contribution in [0.5, 0.6) is 0 Å². The number of aromatic amines is 1. The van der Waals surface area contributed by atoms with E-state index in [0.29, 0.717) is 0 Å². The topological polar surface area (TPSA) is 53.2 Å². The monoisotopic (exact) mass is 356 g/mol. The molecular formula is C21H32N4O. The lowest BCUT2D eigenvalue weighted by Gasteiger charge is -2.32. The van der Waals surface area contributed by atoms with Crippen LogP contribution in [0.1, 0.15) is 29.5 Å². The van der Waals surface area contributed by atoms with E-state index in [1.807, 2.05) is 6.20 Å². The summed E-state index contributed by atoms with van der Waals surface area (Å²) in [6, 6.07) is 6.59. The molecule has 2 N–H and O–H groups in total. The van der Waals surface area contributed by atoms with E-state index in [0.717, 1.165) is 37.9 Å². The van der Waals surface area contributed by atoms with Crippen LogP contribution in [-0.4, -0.2) is 55.0 Å². The first-order valence-electron chi connectivity index (χ1n) is 9.69. The van der Waals surface area contributed by atoms with Gasteiger partial charge in [0.25, 0.3) is 0 Å². The maximum Gasteiger partial charge on any atom is 0.0695 e. The zero-order valence-corrected chi connectivity index (χ0v) is 16.3. The lowest BCUT2D eigenvalue weighted by atomic mass is 9.98. The van der Waals surface area contributed by atoms with E-state index in [1.54, 1.807) is 7.11 Å². The fourth-order valence-electron chi connectivity index (χ4n) is 3.74. The van der Waals surface area contributed by atoms with Crippen molar-refractivity contribution in [3.63, 3.8) is 0 Å². The van der Waals surface area contributed by atoms with Crippen molar-refractivity contribution in [2.45, 2.75) is 33.2 Å². The van der Waals surface area contributed by atoms with Gasteiger partial charge in [0.05, 0.1) is 18.5 Å². The van der Waals surface area contributed by atoms with E-state index in [-0.39, 0.29) is 0 Å². The Hall–Kier alpha value is -1.69. The molecule has 3 rings (SSSR count). The molecular weight excluding hydrogens is 324 g/mol. The molecule has 1 atom stereocenters. The van der Waals surface area contributed by atoms with E-state index in [2.05, 4.69) is 52.5 Å². The molecule has 2 aromatic rings. The Morgan fingerprint density at radius 3 is 3.00 bits per heavy atom. The Bertz CT molecular complexity index is 697. The van der Waals surface area contributed by atoms with Crippen LogP contribution in [0.4, 0.5) is 0 Å². The van der Waals surface area contributed by atoms with E-state index >= 15 is 0 Å². The van der Waals surface area contributed by atoms with Crippen molar-refractivity contribution >= 4 is 0 Å². The maximum atomic E-state index is 5.21. The van der Waals surface area contributed by atoms with Crippen molar-refractivity contribution in [1.29, 1.82) is 0 Å². The summed E-state index contributed by atoms with van der Waals surface area (Å²) in [5.74, 6) is 0.720. The molecule has 1 fully saturated rings. The number of likely N-dealkylation sites (tertiary alicyclic amines) is 1. The molecule has 5 nitrogen and oxygen atoms in total. The molecule has 0 spiro atoms. The van der Waals surface area contributed by atoms with Crippen LogP contribution in [0.3, 0.4) is 0 Å². The predicted octanol–water partition coefficient (Wildman–Crippen LogP) is 3.14. The SMILES string of the molecule is COCCN1CCC[C@@H](CNCc2cn[nH]c2-c2ccc(C)c(C)c2)C1. The van der Waals surface area contributed by atoms with Crippen molar-refractivity contribution in [3.05, 3.63) is 41.1 Å². The van der Waals surface area contributed by atoms with Crippen LogP contribution < -0.4 is 5.32 Å². The third-order valence-electron chi connectivity index (χ3n) is 5.48. The van der Waals surface area contributed by atoms with Gasteiger partial charge < -0.3 is 15.0 Å². The van der Waals surface area contributed by atoms with Gasteiger partial charge in [-0.05, 0) is 62.9 Å². The first-order chi connectivity index (χ1) is 12.7. The second-order valence-electron chi connectivity index (χ2n) is 7.50. The molecule has 0 bridgehead atoms. The highest BCUT2D eigenvalue weighted by Crippen LogP contribution is 2.23. The Labute approximate surface area is 157 Å². The molecule has 5 heteroatoms. The van der Waals surface area contributed by atoms with Crippen LogP contribution in [0.15, 0.2) is 24.4 Å². The zero-order valence-electron chi connectivity index (χ0n) is 16.3. The second kappa shape index (κ2) is 9.31. The fraction of sp³-hybridized carbons (Fsp3) is 0.571. The Balaban J connectivity index is 1.53. The molecule has 1 saturated heterocycles. The van der Waals surface area contributed by atoms with Crippen LogP contribution >= 0.6 is 0 Å². The highest BCUT2D eigenvalue weighted by Gasteiger charge is 2.19. The molecule has 26 heavy (non-hydrogen) atoms. The van der Waals surface area contributed by atoms with Crippen molar-refractivity contribution in [1.82, 2.24) is 20.4 Å². The number of hydrogen-bond donors (Lipinski definition) is 2. The number of benzene rings is 1. The van der Waals surface area contributed by atoms with E-state index < -0.39 is 0 Å². The molecule has 1 aliphatic heterocycles. The lowest BCUT2D eigenvalue weighted by molar-refractivity contribution is 0.114. The summed E-state index contributed by atoms with van der Waals surface area (Å²) in [4.78, 5) is 2.53. The number of nitrogens with one attached hydrogen (secondary N) is 2. The summed E-state index contributed by atoms with van der Waals surface area (Å²) in [6.07, 6.45) is 4.55. The highest BCUT2D eigenvalue weighted by atomic mass is 16.5. The summed E-state index contributed by atoms with van der Waals surface area (Å²) >= 11 is 0. The molecule has 0 aliphatic carbocycles. The minimum Gasteiger partial charge on any atom is -0.383 e. The van der Waals surface area contributed by atoms with Crippen molar-refractivity contribution in [2.24, 2.45) is 5.92 Å². The number of ether oxygens (including phenoxy) is 1. The summed E-state index contributed by atoms with van der Waals surface area (Å²) in [5, 5.41) is 11.1. The number of methoxy groups -OCH3 is 1. The van der Waals surface area contributed by atoms with Crippen LogP contribution in [0.25, 0.3) is 11.3 Å². The third kappa shape index (κ3) is 4.93. The lowest BCUT2D eigenvalue weighted by Crippen LogP contribution is -2.40. The quantitative estimate of drug-likeness (QED) is 0.763. The molecule has 0 amide bonds. The maximum absolute atomic E-state index is 5.21. The van der Waals surface area contributed by atoms with Crippen molar-refractivity contribution < 1.29 is 4.74 Å². The number of rotatable bonds is 8. The Kier molecular flexibility index (Phi) is 6.83. The highest BCUT2D eigenvalue weighted by molar-refractivity contribution is 5.64. The largest absolute Gasteiger partial charge is 0.383 e. The zero-order chi connectivity index (χ0) is 18.4. The molecule has 0 unspecified atom stereocenters. The van der Waals surface area contributed by atoms with Gasteiger partial charge in [0.15, 0.2) is 0 Å². The summed E-state index contributed by atoms with van der Waals surface area (Å²) in [7, 11) is 1.78. The normalized spacial score (nSPS) is 18.3. The van der Waals surface area contributed by atoms with Crippen LogP contribution in [0.2, 0.25) is 0 Å². The number of H-pyrrole nitrogens is 1. The number of nitrogens with zero attached hydrogens (tertiary/aromatic N) is 2. The molecule has 142 valence electrons. The Morgan fingerprint density at radius 1 is 1.31 bits per heavy atom. The van der Waals surface area contributed by atoms with Gasteiger partial charge >= 0.3 is 0 Å². The van der Waals surface area contributed by atoms with Crippen LogP contribution in [-0.2, 0) is 11.3 Å². The summed E-state index contributed by atoms with van der Waals surface area (Å²) < 4.78 is 5.21. The van der Waals surface area contributed by atoms with Crippen molar-refractivity contribution in [3.8, 4) is 11.3 Å². The smallest absolute Gasteiger partial charge is 0.0695 e. The van der Waals surface area contributed by atoms with Gasteiger partial charge in [0.1, 0.15) is 0 Å². The standard InChI is InChI=1S/C21H32N4O/c1-16-6-7-19(11-17(16)2)21-20(14-23-24-21)13-22-12-18-5-4-8-25(15-18)9-10-26-3/h6-7,11,14,18,22H,4-5,8-10,12-13,15H2,1-3H3,(H,23,24)/t18-/m0/s1. The first kappa shape index (κ1) is 19.1.